The topological polar surface area (TPSA) is 23.6 Å². The lowest BCUT2D eigenvalue weighted by atomic mass is 10.1. The predicted octanol–water partition coefficient (Wildman–Crippen LogP) is 5.77. The molecule has 0 spiro atoms. The molecule has 2 aromatic rings. The van der Waals surface area contributed by atoms with Gasteiger partial charge in [0.15, 0.2) is 0 Å². The van der Waals surface area contributed by atoms with Crippen LogP contribution in [-0.4, -0.2) is 28.7 Å². The fraction of sp³-hybridized carbons (Fsp3) is 0.238. The van der Waals surface area contributed by atoms with Crippen molar-refractivity contribution in [2.24, 2.45) is 0 Å². The Morgan fingerprint density at radius 3 is 2.74 bits per heavy atom. The van der Waals surface area contributed by atoms with Crippen molar-refractivity contribution in [3.8, 4) is 0 Å². The third-order valence-electron chi connectivity index (χ3n) is 4.73. The molecule has 0 unspecified atom stereocenters. The van der Waals surface area contributed by atoms with Crippen molar-refractivity contribution in [2.75, 3.05) is 18.5 Å². The van der Waals surface area contributed by atoms with Crippen molar-refractivity contribution in [3.63, 3.8) is 0 Å². The van der Waals surface area contributed by atoms with Gasteiger partial charge in [-0.1, -0.05) is 79.4 Å². The van der Waals surface area contributed by atoms with Gasteiger partial charge in [-0.15, -0.1) is 0 Å². The second-order valence-corrected chi connectivity index (χ2v) is 9.25. The van der Waals surface area contributed by atoms with Crippen LogP contribution >= 0.6 is 35.7 Å². The van der Waals surface area contributed by atoms with Gasteiger partial charge in [-0.05, 0) is 30.0 Å². The fourth-order valence-corrected chi connectivity index (χ4v) is 5.59. The summed E-state index contributed by atoms with van der Waals surface area (Å²) in [5.41, 5.74) is 1.23. The number of amides is 1. The number of hydrogen-bond donors (Lipinski definition) is 0. The van der Waals surface area contributed by atoms with Crippen molar-refractivity contribution in [2.45, 2.75) is 24.7 Å². The van der Waals surface area contributed by atoms with Gasteiger partial charge in [-0.25, -0.2) is 0 Å². The molecule has 0 N–H and O–H groups in total. The highest BCUT2D eigenvalue weighted by Gasteiger charge is 2.31. The lowest BCUT2D eigenvalue weighted by molar-refractivity contribution is -0.122. The Bertz CT molecular complexity index is 996. The summed E-state index contributed by atoms with van der Waals surface area (Å²) >= 11 is 8.52. The molecule has 0 aliphatic carbocycles. The summed E-state index contributed by atoms with van der Waals surface area (Å²) in [6, 6.07) is 12.8. The highest BCUT2D eigenvalue weighted by molar-refractivity contribution is 8.26. The maximum absolute atomic E-state index is 12.6. The van der Waals surface area contributed by atoms with Crippen LogP contribution in [0.1, 0.15) is 19.8 Å². The zero-order chi connectivity index (χ0) is 19.0. The van der Waals surface area contributed by atoms with E-state index in [0.29, 0.717) is 15.8 Å². The Kier molecular flexibility index (Phi) is 5.30. The summed E-state index contributed by atoms with van der Waals surface area (Å²) in [7, 11) is 2.08. The number of benzene rings is 2. The van der Waals surface area contributed by atoms with Crippen LogP contribution in [0.25, 0.3) is 10.8 Å². The van der Waals surface area contributed by atoms with Crippen molar-refractivity contribution >= 4 is 62.4 Å². The number of rotatable bonds is 4. The first-order chi connectivity index (χ1) is 13.1. The fourth-order valence-electron chi connectivity index (χ4n) is 3.27. The molecule has 27 heavy (non-hydrogen) atoms. The molecule has 3 nitrogen and oxygen atoms in total. The second-order valence-electron chi connectivity index (χ2n) is 6.51. The van der Waals surface area contributed by atoms with E-state index in [-0.39, 0.29) is 5.91 Å². The van der Waals surface area contributed by atoms with Crippen LogP contribution in [-0.2, 0) is 4.79 Å². The lowest BCUT2D eigenvalue weighted by Gasteiger charge is -2.15. The molecule has 4 rings (SSSR count). The first-order valence-electron chi connectivity index (χ1n) is 8.99. The summed E-state index contributed by atoms with van der Waals surface area (Å²) in [5, 5.41) is 3.60. The molecule has 138 valence electrons. The number of carbonyl (C=O) groups excluding carboxylic acids is 1. The van der Waals surface area contributed by atoms with Gasteiger partial charge in [0.2, 0.25) is 0 Å². The maximum atomic E-state index is 12.6. The summed E-state index contributed by atoms with van der Waals surface area (Å²) in [5.74, 6) is 0.0314. The van der Waals surface area contributed by atoms with E-state index in [9.17, 15) is 4.79 Å². The van der Waals surface area contributed by atoms with Gasteiger partial charge in [0.05, 0.1) is 15.6 Å². The number of thiocarbonyl (C=S) groups is 1. The van der Waals surface area contributed by atoms with E-state index in [0.717, 1.165) is 17.9 Å². The average molecular weight is 413 g/mol. The van der Waals surface area contributed by atoms with Crippen molar-refractivity contribution in [3.05, 3.63) is 58.5 Å². The van der Waals surface area contributed by atoms with E-state index >= 15 is 0 Å². The number of anilines is 1. The number of thioether (sulfide) groups is 2. The molecule has 0 bridgehead atoms. The highest BCUT2D eigenvalue weighted by Crippen LogP contribution is 2.48. The van der Waals surface area contributed by atoms with Gasteiger partial charge in [-0.3, -0.25) is 9.69 Å². The number of nitrogens with zero attached hydrogens (tertiary/aromatic N) is 2. The number of allylic oxidation sites excluding steroid dienone is 2. The Hall–Kier alpha value is -1.76. The molecule has 2 aliphatic heterocycles. The van der Waals surface area contributed by atoms with E-state index in [4.69, 9.17) is 12.2 Å². The smallest absolute Gasteiger partial charge is 0.266 e. The van der Waals surface area contributed by atoms with E-state index in [2.05, 4.69) is 55.3 Å². The maximum Gasteiger partial charge on any atom is 0.266 e. The summed E-state index contributed by atoms with van der Waals surface area (Å²) in [6.07, 6.45) is 5.97. The quantitative estimate of drug-likeness (QED) is 0.469. The zero-order valence-corrected chi connectivity index (χ0v) is 17.7. The van der Waals surface area contributed by atoms with Crippen molar-refractivity contribution in [1.29, 1.82) is 0 Å². The third kappa shape index (κ3) is 3.42. The Morgan fingerprint density at radius 1 is 1.11 bits per heavy atom. The van der Waals surface area contributed by atoms with Crippen LogP contribution < -0.4 is 4.90 Å². The van der Waals surface area contributed by atoms with E-state index < -0.39 is 0 Å². The molecule has 0 saturated carbocycles. The van der Waals surface area contributed by atoms with Crippen LogP contribution in [0.5, 0.6) is 0 Å². The predicted molar refractivity (Wildman–Crippen MR) is 121 cm³/mol. The van der Waals surface area contributed by atoms with Crippen LogP contribution in [0.15, 0.2) is 63.4 Å². The molecule has 1 fully saturated rings. The van der Waals surface area contributed by atoms with Crippen molar-refractivity contribution < 1.29 is 4.79 Å². The monoisotopic (exact) mass is 412 g/mol. The molecular formula is C21H20N2OS3. The Morgan fingerprint density at radius 2 is 1.93 bits per heavy atom. The highest BCUT2D eigenvalue weighted by atomic mass is 32.2. The molecule has 0 radical (unpaired) electrons. The van der Waals surface area contributed by atoms with Gasteiger partial charge < -0.3 is 4.90 Å². The molecule has 2 heterocycles. The van der Waals surface area contributed by atoms with E-state index in [1.165, 1.54) is 33.1 Å². The second kappa shape index (κ2) is 7.70. The van der Waals surface area contributed by atoms with Gasteiger partial charge in [0, 0.05) is 23.9 Å². The molecule has 1 amide bonds. The van der Waals surface area contributed by atoms with Gasteiger partial charge in [-0.2, -0.15) is 0 Å². The first kappa shape index (κ1) is 18.6. The van der Waals surface area contributed by atoms with Gasteiger partial charge >= 0.3 is 0 Å². The Balaban J connectivity index is 1.60. The average Bonchev–Trinajstić information content (AvgIpc) is 3.14. The number of hydrogen-bond acceptors (Lipinski definition) is 5. The molecule has 0 atom stereocenters. The van der Waals surface area contributed by atoms with E-state index in [1.807, 2.05) is 12.2 Å². The molecular weight excluding hydrogens is 392 g/mol. The van der Waals surface area contributed by atoms with Gasteiger partial charge in [0.1, 0.15) is 4.32 Å². The number of unbranched alkanes of at least 4 members (excludes halogenated alkanes) is 1. The largest absolute Gasteiger partial charge is 0.338 e. The minimum absolute atomic E-state index is 0.0314. The van der Waals surface area contributed by atoms with Crippen LogP contribution in [0.4, 0.5) is 5.69 Å². The van der Waals surface area contributed by atoms with Crippen molar-refractivity contribution in [1.82, 2.24) is 4.90 Å². The summed E-state index contributed by atoms with van der Waals surface area (Å²) in [4.78, 5) is 18.5. The Labute approximate surface area is 173 Å². The minimum Gasteiger partial charge on any atom is -0.338 e. The summed E-state index contributed by atoms with van der Waals surface area (Å²) in [6.45, 7) is 2.83. The van der Waals surface area contributed by atoms with Crippen LogP contribution in [0.2, 0.25) is 0 Å². The molecule has 1 saturated heterocycles. The lowest BCUT2D eigenvalue weighted by Crippen LogP contribution is -2.28. The number of carbonyl (C=O) groups is 1. The normalized spacial score (nSPS) is 19.8. The molecule has 6 heteroatoms. The van der Waals surface area contributed by atoms with Crippen LogP contribution in [0.3, 0.4) is 0 Å². The van der Waals surface area contributed by atoms with E-state index in [1.54, 1.807) is 16.7 Å². The summed E-state index contributed by atoms with van der Waals surface area (Å²) < 4.78 is 0.666. The molecule has 2 aromatic carbocycles. The van der Waals surface area contributed by atoms with Gasteiger partial charge in [0.25, 0.3) is 5.91 Å². The minimum atomic E-state index is 0.0314. The third-order valence-corrected chi connectivity index (χ3v) is 7.29. The molecule has 0 aromatic heterocycles. The number of fused-ring (bicyclic) bond motifs is 3. The molecule has 2 aliphatic rings. The zero-order valence-electron chi connectivity index (χ0n) is 15.3. The first-order valence-corrected chi connectivity index (χ1v) is 11.0. The van der Waals surface area contributed by atoms with Crippen LogP contribution in [0, 0.1) is 0 Å². The SMILES string of the molecule is CCCCN1C(=O)C(=CC=C2Sc3ccc4ccccc4c3N2C)SC1=S. The standard InChI is InChI=1S/C21H20N2OS3/c1-3-4-13-23-20(24)17(27-21(23)25)11-12-18-22(2)19-15-8-6-5-7-14(15)9-10-16(19)26-18/h5-12H,3-4,13H2,1-2H3.